The summed E-state index contributed by atoms with van der Waals surface area (Å²) in [5, 5.41) is 3.69. The smallest absolute Gasteiger partial charge is 0.234 e. The fourth-order valence-electron chi connectivity index (χ4n) is 2.70. The molecule has 2 aromatic rings. The number of amides is 1. The van der Waals surface area contributed by atoms with Gasteiger partial charge in [0.05, 0.1) is 26.8 Å². The number of likely N-dealkylation sites (N-methyl/N-ethyl adjacent to an activating group) is 1. The van der Waals surface area contributed by atoms with Gasteiger partial charge in [-0.1, -0.05) is 29.8 Å². The lowest BCUT2D eigenvalue weighted by Gasteiger charge is -2.20. The molecule has 26 heavy (non-hydrogen) atoms. The van der Waals surface area contributed by atoms with Gasteiger partial charge in [0, 0.05) is 23.2 Å². The van der Waals surface area contributed by atoms with Gasteiger partial charge in [-0.15, -0.1) is 0 Å². The Morgan fingerprint density at radius 2 is 1.85 bits per heavy atom. The van der Waals surface area contributed by atoms with Crippen molar-refractivity contribution in [2.75, 3.05) is 27.8 Å². The Kier molecular flexibility index (Phi) is 7.30. The third kappa shape index (κ3) is 5.64. The number of carbonyl (C=O) groups is 1. The number of ether oxygens (including phenoxy) is 2. The van der Waals surface area contributed by atoms with Crippen molar-refractivity contribution in [3.05, 3.63) is 58.6 Å². The molecule has 0 spiro atoms. The molecule has 2 aromatic carbocycles. The molecule has 2 rings (SSSR count). The van der Waals surface area contributed by atoms with E-state index < -0.39 is 0 Å². The molecule has 0 fully saturated rings. The number of hydrogen-bond donors (Lipinski definition) is 1. The second-order valence-electron chi connectivity index (χ2n) is 6.19. The first kappa shape index (κ1) is 20.1. The van der Waals surface area contributed by atoms with Gasteiger partial charge in [0.25, 0.3) is 0 Å². The maximum atomic E-state index is 12.3. The van der Waals surface area contributed by atoms with Crippen LogP contribution in [0.1, 0.15) is 24.1 Å². The highest BCUT2D eigenvalue weighted by Crippen LogP contribution is 2.25. The van der Waals surface area contributed by atoms with Crippen molar-refractivity contribution in [3.8, 4) is 11.5 Å². The van der Waals surface area contributed by atoms with Crippen LogP contribution in [0.5, 0.6) is 11.5 Å². The Balaban J connectivity index is 1.91. The summed E-state index contributed by atoms with van der Waals surface area (Å²) in [6.45, 7) is 2.83. The average Bonchev–Trinajstić information content (AvgIpc) is 2.62. The molecule has 140 valence electrons. The summed E-state index contributed by atoms with van der Waals surface area (Å²) in [6, 6.07) is 13.1. The molecule has 0 bridgehead atoms. The topological polar surface area (TPSA) is 50.8 Å². The molecule has 0 saturated heterocycles. The van der Waals surface area contributed by atoms with Gasteiger partial charge < -0.3 is 14.8 Å². The lowest BCUT2D eigenvalue weighted by molar-refractivity contribution is -0.122. The molecule has 0 heterocycles. The van der Waals surface area contributed by atoms with Crippen LogP contribution >= 0.6 is 11.6 Å². The predicted octanol–water partition coefficient (Wildman–Crippen LogP) is 3.67. The van der Waals surface area contributed by atoms with E-state index >= 15 is 0 Å². The van der Waals surface area contributed by atoms with Crippen LogP contribution in [0.3, 0.4) is 0 Å². The van der Waals surface area contributed by atoms with Crippen LogP contribution in [-0.2, 0) is 11.3 Å². The van der Waals surface area contributed by atoms with Crippen molar-refractivity contribution >= 4 is 17.5 Å². The van der Waals surface area contributed by atoms with Crippen LogP contribution in [0.15, 0.2) is 42.5 Å². The first-order chi connectivity index (χ1) is 12.4. The summed E-state index contributed by atoms with van der Waals surface area (Å²) in [5.41, 5.74) is 2.01. The molecule has 0 radical (unpaired) electrons. The Labute approximate surface area is 159 Å². The first-order valence-electron chi connectivity index (χ1n) is 8.37. The molecule has 0 saturated carbocycles. The van der Waals surface area contributed by atoms with Gasteiger partial charge in [-0.2, -0.15) is 0 Å². The monoisotopic (exact) mass is 376 g/mol. The van der Waals surface area contributed by atoms with Crippen molar-refractivity contribution in [1.29, 1.82) is 0 Å². The van der Waals surface area contributed by atoms with Crippen LogP contribution in [0.4, 0.5) is 0 Å². The number of rotatable bonds is 8. The molecular weight excluding hydrogens is 352 g/mol. The Bertz CT molecular complexity index is 734. The van der Waals surface area contributed by atoms with E-state index in [0.29, 0.717) is 11.6 Å². The summed E-state index contributed by atoms with van der Waals surface area (Å²) in [6.07, 6.45) is 0. The maximum Gasteiger partial charge on any atom is 0.234 e. The van der Waals surface area contributed by atoms with Crippen LogP contribution in [0.2, 0.25) is 5.02 Å². The number of nitrogens with zero attached hydrogens (tertiary/aromatic N) is 1. The van der Waals surface area contributed by atoms with Crippen LogP contribution in [-0.4, -0.2) is 38.6 Å². The minimum absolute atomic E-state index is 0.0394. The molecule has 0 aliphatic carbocycles. The number of benzene rings is 2. The zero-order valence-corrected chi connectivity index (χ0v) is 16.3. The number of methoxy groups -OCH3 is 2. The van der Waals surface area contributed by atoms with Crippen molar-refractivity contribution < 1.29 is 14.3 Å². The van der Waals surface area contributed by atoms with E-state index in [4.69, 9.17) is 21.1 Å². The predicted molar refractivity (Wildman–Crippen MR) is 104 cm³/mol. The highest BCUT2D eigenvalue weighted by atomic mass is 35.5. The van der Waals surface area contributed by atoms with Crippen molar-refractivity contribution in [3.63, 3.8) is 0 Å². The number of nitrogens with one attached hydrogen (secondary N) is 1. The first-order valence-corrected chi connectivity index (χ1v) is 8.75. The number of hydrogen-bond acceptors (Lipinski definition) is 4. The summed E-state index contributed by atoms with van der Waals surface area (Å²) in [4.78, 5) is 14.3. The van der Waals surface area contributed by atoms with E-state index in [2.05, 4.69) is 5.32 Å². The molecule has 0 unspecified atom stereocenters. The van der Waals surface area contributed by atoms with E-state index in [-0.39, 0.29) is 18.5 Å². The van der Waals surface area contributed by atoms with Gasteiger partial charge in [0.1, 0.15) is 11.5 Å². The third-order valence-corrected chi connectivity index (χ3v) is 4.35. The van der Waals surface area contributed by atoms with Gasteiger partial charge in [-0.25, -0.2) is 0 Å². The second kappa shape index (κ2) is 9.46. The highest BCUT2D eigenvalue weighted by Gasteiger charge is 2.14. The van der Waals surface area contributed by atoms with E-state index in [1.807, 2.05) is 61.3 Å². The highest BCUT2D eigenvalue weighted by molar-refractivity contribution is 6.30. The Hall–Kier alpha value is -2.24. The number of halogens is 1. The normalized spacial score (nSPS) is 11.9. The van der Waals surface area contributed by atoms with Crippen LogP contribution in [0.25, 0.3) is 0 Å². The molecule has 1 amide bonds. The SMILES string of the molecule is COc1ccc(CN(C)CC(=O)N[C@H](C)c2ccc(Cl)cc2)c(OC)c1. The Morgan fingerprint density at radius 3 is 2.46 bits per heavy atom. The largest absolute Gasteiger partial charge is 0.497 e. The van der Waals surface area contributed by atoms with Crippen molar-refractivity contribution in [2.24, 2.45) is 0 Å². The van der Waals surface area contributed by atoms with E-state index in [0.717, 1.165) is 22.6 Å². The van der Waals surface area contributed by atoms with E-state index in [9.17, 15) is 4.79 Å². The van der Waals surface area contributed by atoms with Gasteiger partial charge in [-0.05, 0) is 37.7 Å². The lowest BCUT2D eigenvalue weighted by Crippen LogP contribution is -2.36. The van der Waals surface area contributed by atoms with E-state index in [1.54, 1.807) is 14.2 Å². The fraction of sp³-hybridized carbons (Fsp3) is 0.350. The van der Waals surface area contributed by atoms with Gasteiger partial charge in [0.2, 0.25) is 5.91 Å². The molecule has 6 heteroatoms. The van der Waals surface area contributed by atoms with Crippen molar-refractivity contribution in [2.45, 2.75) is 19.5 Å². The van der Waals surface area contributed by atoms with Gasteiger partial charge in [-0.3, -0.25) is 9.69 Å². The maximum absolute atomic E-state index is 12.3. The van der Waals surface area contributed by atoms with Crippen LogP contribution < -0.4 is 14.8 Å². The summed E-state index contributed by atoms with van der Waals surface area (Å²) in [5.74, 6) is 1.44. The summed E-state index contributed by atoms with van der Waals surface area (Å²) in [7, 11) is 5.14. The van der Waals surface area contributed by atoms with Crippen LogP contribution in [0, 0.1) is 0 Å². The molecule has 5 nitrogen and oxygen atoms in total. The summed E-state index contributed by atoms with van der Waals surface area (Å²) >= 11 is 5.90. The standard InChI is InChI=1S/C20H25ClN2O3/c1-14(15-5-8-17(21)9-6-15)22-20(24)13-23(2)12-16-7-10-18(25-3)11-19(16)26-4/h5-11,14H,12-13H2,1-4H3,(H,22,24)/t14-/m1/s1. The third-order valence-electron chi connectivity index (χ3n) is 4.10. The number of carbonyl (C=O) groups excluding carboxylic acids is 1. The van der Waals surface area contributed by atoms with Gasteiger partial charge >= 0.3 is 0 Å². The van der Waals surface area contributed by atoms with Crippen molar-refractivity contribution in [1.82, 2.24) is 10.2 Å². The zero-order valence-electron chi connectivity index (χ0n) is 15.6. The summed E-state index contributed by atoms with van der Waals surface area (Å²) < 4.78 is 10.6. The lowest BCUT2D eigenvalue weighted by atomic mass is 10.1. The zero-order chi connectivity index (χ0) is 19.1. The average molecular weight is 377 g/mol. The Morgan fingerprint density at radius 1 is 1.15 bits per heavy atom. The molecular formula is C20H25ClN2O3. The molecule has 0 aromatic heterocycles. The molecule has 1 atom stereocenters. The minimum Gasteiger partial charge on any atom is -0.497 e. The quantitative estimate of drug-likeness (QED) is 0.763. The minimum atomic E-state index is -0.0799. The fourth-order valence-corrected chi connectivity index (χ4v) is 2.82. The van der Waals surface area contributed by atoms with E-state index in [1.165, 1.54) is 0 Å². The molecule has 0 aliphatic rings. The molecule has 1 N–H and O–H groups in total. The van der Waals surface area contributed by atoms with Gasteiger partial charge in [0.15, 0.2) is 0 Å². The second-order valence-corrected chi connectivity index (χ2v) is 6.63. The molecule has 0 aliphatic heterocycles.